The third-order valence-electron chi connectivity index (χ3n) is 11.9. The van der Waals surface area contributed by atoms with E-state index >= 15 is 0 Å². The van der Waals surface area contributed by atoms with Crippen LogP contribution in [0.25, 0.3) is 66.4 Å². The molecular weight excluding hydrogens is 707 g/mol. The third-order valence-corrected chi connectivity index (χ3v) is 11.9. The molecule has 294 valence electrons. The number of benzene rings is 5. The Morgan fingerprint density at radius 1 is 0.431 bits per heavy atom. The molecular formula is C53H57N5. The van der Waals surface area contributed by atoms with Crippen LogP contribution < -0.4 is 0 Å². The normalized spacial score (nSPS) is 13.0. The summed E-state index contributed by atoms with van der Waals surface area (Å²) in [5.74, 6) is 0.556. The maximum absolute atomic E-state index is 11.1. The molecule has 0 spiro atoms. The first-order chi connectivity index (χ1) is 27.0. The highest BCUT2D eigenvalue weighted by atomic mass is 15.1. The second kappa shape index (κ2) is 13.1. The second-order valence-corrected chi connectivity index (χ2v) is 20.6. The Balaban J connectivity index is 1.64. The number of nitrogens with zero attached hydrogens (tertiary/aromatic N) is 5. The summed E-state index contributed by atoms with van der Waals surface area (Å²) in [7, 11) is 0. The van der Waals surface area contributed by atoms with Crippen molar-refractivity contribution in [3.8, 4) is 28.8 Å². The van der Waals surface area contributed by atoms with Gasteiger partial charge in [-0.1, -0.05) is 132 Å². The van der Waals surface area contributed by atoms with E-state index in [-0.39, 0.29) is 21.7 Å². The smallest absolute Gasteiger partial charge is 0.161 e. The molecule has 0 atom stereocenters. The molecule has 0 aliphatic rings. The molecule has 0 radical (unpaired) electrons. The van der Waals surface area contributed by atoms with Crippen molar-refractivity contribution in [2.45, 2.75) is 119 Å². The molecule has 0 bridgehead atoms. The average Bonchev–Trinajstić information content (AvgIpc) is 3.63. The molecule has 0 saturated carbocycles. The van der Waals surface area contributed by atoms with Crippen LogP contribution in [0, 0.1) is 25.2 Å². The minimum absolute atomic E-state index is 0.0722. The second-order valence-electron chi connectivity index (χ2n) is 20.6. The molecule has 58 heavy (non-hydrogen) atoms. The Bertz CT molecular complexity index is 2840. The lowest BCUT2D eigenvalue weighted by atomic mass is 9.86. The van der Waals surface area contributed by atoms with E-state index in [1.165, 1.54) is 43.8 Å². The molecule has 0 unspecified atom stereocenters. The van der Waals surface area contributed by atoms with Crippen molar-refractivity contribution >= 4 is 43.6 Å². The topological polar surface area (TPSA) is 59.4 Å². The summed E-state index contributed by atoms with van der Waals surface area (Å²) < 4.78 is 4.88. The van der Waals surface area contributed by atoms with Gasteiger partial charge in [0, 0.05) is 38.5 Å². The monoisotopic (exact) mass is 763 g/mol. The molecule has 8 rings (SSSR count). The zero-order chi connectivity index (χ0) is 41.9. The lowest BCUT2D eigenvalue weighted by molar-refractivity contribution is 0.590. The van der Waals surface area contributed by atoms with E-state index in [1.54, 1.807) is 0 Å². The van der Waals surface area contributed by atoms with E-state index < -0.39 is 0 Å². The quantitative estimate of drug-likeness (QED) is 0.180. The van der Waals surface area contributed by atoms with Gasteiger partial charge >= 0.3 is 0 Å². The summed E-state index contributed by atoms with van der Waals surface area (Å²) in [6.45, 7) is 31.3. The van der Waals surface area contributed by atoms with E-state index in [0.29, 0.717) is 17.0 Å². The Kier molecular flexibility index (Phi) is 8.87. The zero-order valence-electron chi connectivity index (χ0n) is 36.9. The Labute approximate surface area is 344 Å². The summed E-state index contributed by atoms with van der Waals surface area (Å²) in [5.41, 5.74) is 14.1. The number of rotatable bonds is 3. The lowest BCUT2D eigenvalue weighted by Crippen LogP contribution is -2.13. The van der Waals surface area contributed by atoms with Crippen LogP contribution >= 0.6 is 0 Å². The first kappa shape index (κ1) is 39.1. The minimum Gasteiger partial charge on any atom is -0.307 e. The number of aromatic nitrogens is 4. The minimum atomic E-state index is -0.0730. The van der Waals surface area contributed by atoms with Gasteiger partial charge in [0.15, 0.2) is 5.82 Å². The predicted octanol–water partition coefficient (Wildman–Crippen LogP) is 14.0. The van der Waals surface area contributed by atoms with Gasteiger partial charge in [-0.15, -0.1) is 0 Å². The molecule has 3 aromatic heterocycles. The molecule has 0 fully saturated rings. The van der Waals surface area contributed by atoms with Crippen LogP contribution in [0.4, 0.5) is 0 Å². The predicted molar refractivity (Wildman–Crippen MR) is 245 cm³/mol. The highest BCUT2D eigenvalue weighted by molar-refractivity contribution is 6.12. The zero-order valence-corrected chi connectivity index (χ0v) is 36.9. The Hall–Kier alpha value is -5.73. The molecule has 8 aromatic rings. The van der Waals surface area contributed by atoms with E-state index in [4.69, 9.17) is 9.97 Å². The van der Waals surface area contributed by atoms with Gasteiger partial charge in [0.25, 0.3) is 0 Å². The van der Waals surface area contributed by atoms with Crippen LogP contribution in [0.5, 0.6) is 0 Å². The van der Waals surface area contributed by atoms with Gasteiger partial charge in [0.1, 0.15) is 0 Å². The van der Waals surface area contributed by atoms with Crippen LogP contribution in [-0.2, 0) is 21.7 Å². The van der Waals surface area contributed by atoms with Gasteiger partial charge in [-0.05, 0) is 100 Å². The van der Waals surface area contributed by atoms with Gasteiger partial charge in [-0.25, -0.2) is 9.97 Å². The Morgan fingerprint density at radius 3 is 1.03 bits per heavy atom. The molecule has 3 heterocycles. The standard InChI is InChI=1S/C53H57N5/c1-31-23-32(2)56-49(55-31)42-29-48(58-45-27-36(52(9,10)11)17-21-40(45)41-22-18-37(28-46(41)58)53(12,13)14)47(24-33(42)30-54)57-43-25-34(50(3,4)5)15-19-38(43)39-20-16-35(26-44(39)57)51(6,7)8/h15-29H,1-14H3. The molecule has 0 saturated heterocycles. The van der Waals surface area contributed by atoms with Gasteiger partial charge in [0.05, 0.1) is 45.1 Å². The van der Waals surface area contributed by atoms with Crippen molar-refractivity contribution in [3.63, 3.8) is 0 Å². The van der Waals surface area contributed by atoms with Crippen molar-refractivity contribution < 1.29 is 0 Å². The summed E-state index contributed by atoms with van der Waals surface area (Å²) >= 11 is 0. The van der Waals surface area contributed by atoms with Gasteiger partial charge in [-0.3, -0.25) is 0 Å². The van der Waals surface area contributed by atoms with Crippen LogP contribution in [0.1, 0.15) is 122 Å². The molecule has 5 aromatic carbocycles. The summed E-state index contributed by atoms with van der Waals surface area (Å²) in [6, 6.07) is 36.7. The van der Waals surface area contributed by atoms with Crippen LogP contribution in [-0.4, -0.2) is 19.1 Å². The number of nitriles is 1. The van der Waals surface area contributed by atoms with E-state index in [0.717, 1.165) is 44.8 Å². The van der Waals surface area contributed by atoms with Gasteiger partial charge < -0.3 is 9.13 Å². The largest absolute Gasteiger partial charge is 0.307 e. The van der Waals surface area contributed by atoms with Crippen molar-refractivity contribution in [2.75, 3.05) is 0 Å². The summed E-state index contributed by atoms with van der Waals surface area (Å²) in [6.07, 6.45) is 0. The molecule has 0 amide bonds. The maximum Gasteiger partial charge on any atom is 0.161 e. The van der Waals surface area contributed by atoms with E-state index in [2.05, 4.69) is 183 Å². The van der Waals surface area contributed by atoms with Crippen molar-refractivity contribution in [1.29, 1.82) is 5.26 Å². The van der Waals surface area contributed by atoms with Crippen molar-refractivity contribution in [3.05, 3.63) is 130 Å². The molecule has 0 aliphatic heterocycles. The first-order valence-corrected chi connectivity index (χ1v) is 20.6. The fourth-order valence-corrected chi connectivity index (χ4v) is 8.48. The van der Waals surface area contributed by atoms with Crippen LogP contribution in [0.2, 0.25) is 0 Å². The number of hydrogen-bond acceptors (Lipinski definition) is 3. The Morgan fingerprint density at radius 2 is 0.741 bits per heavy atom. The number of fused-ring (bicyclic) bond motifs is 6. The highest BCUT2D eigenvalue weighted by Crippen LogP contribution is 2.44. The lowest BCUT2D eigenvalue weighted by Gasteiger charge is -2.23. The van der Waals surface area contributed by atoms with Crippen molar-refractivity contribution in [1.82, 2.24) is 19.1 Å². The fourth-order valence-electron chi connectivity index (χ4n) is 8.48. The fraction of sp³-hybridized carbons (Fsp3) is 0.340. The number of aryl methyl sites for hydroxylation is 2. The van der Waals surface area contributed by atoms with Crippen LogP contribution in [0.15, 0.2) is 91.0 Å². The van der Waals surface area contributed by atoms with Gasteiger partial charge in [-0.2, -0.15) is 5.26 Å². The van der Waals surface area contributed by atoms with Gasteiger partial charge in [0.2, 0.25) is 0 Å². The SMILES string of the molecule is Cc1cc(C)nc(-c2cc(-n3c4cc(C(C)(C)C)ccc4c4ccc(C(C)(C)C)cc43)c(-n3c4cc(C(C)(C)C)ccc4c4ccc(C(C)(C)C)cc43)cc2C#N)n1. The molecule has 5 nitrogen and oxygen atoms in total. The van der Waals surface area contributed by atoms with Crippen molar-refractivity contribution in [2.24, 2.45) is 0 Å². The average molecular weight is 764 g/mol. The highest BCUT2D eigenvalue weighted by Gasteiger charge is 2.27. The van der Waals surface area contributed by atoms with Crippen LogP contribution in [0.3, 0.4) is 0 Å². The first-order valence-electron chi connectivity index (χ1n) is 20.6. The summed E-state index contributed by atoms with van der Waals surface area (Å²) in [4.78, 5) is 9.89. The molecule has 0 N–H and O–H groups in total. The third kappa shape index (κ3) is 6.57. The molecule has 5 heteroatoms. The maximum atomic E-state index is 11.1. The summed E-state index contributed by atoms with van der Waals surface area (Å²) in [5, 5.41) is 15.8. The molecule has 0 aliphatic carbocycles. The van der Waals surface area contributed by atoms with E-state index in [9.17, 15) is 5.26 Å². The van der Waals surface area contributed by atoms with E-state index in [1.807, 2.05) is 19.9 Å². The number of hydrogen-bond donors (Lipinski definition) is 0.